The third kappa shape index (κ3) is 5.61. The molecule has 178 valence electrons. The molecule has 2 aromatic rings. The van der Waals surface area contributed by atoms with Crippen molar-refractivity contribution in [1.29, 1.82) is 0 Å². The van der Waals surface area contributed by atoms with E-state index in [0.717, 1.165) is 18.8 Å². The number of hydrogen-bond acceptors (Lipinski definition) is 7. The lowest BCUT2D eigenvalue weighted by Gasteiger charge is -2.37. The van der Waals surface area contributed by atoms with E-state index >= 15 is 0 Å². The number of piperazine rings is 1. The second-order valence-electron chi connectivity index (χ2n) is 8.21. The normalized spacial score (nSPS) is 23.6. The number of carbonyl (C=O) groups is 1. The minimum atomic E-state index is -3.87. The van der Waals surface area contributed by atoms with Crippen LogP contribution in [0.1, 0.15) is 6.42 Å². The van der Waals surface area contributed by atoms with E-state index in [1.165, 1.54) is 17.1 Å². The van der Waals surface area contributed by atoms with Crippen molar-refractivity contribution in [3.05, 3.63) is 55.0 Å². The summed E-state index contributed by atoms with van der Waals surface area (Å²) in [5, 5.41) is 9.65. The van der Waals surface area contributed by atoms with Crippen molar-refractivity contribution in [2.45, 2.75) is 29.7 Å². The van der Waals surface area contributed by atoms with Crippen LogP contribution >= 0.6 is 0 Å². The van der Waals surface area contributed by atoms with E-state index < -0.39 is 28.3 Å². The predicted molar refractivity (Wildman–Crippen MR) is 122 cm³/mol. The number of aryl methyl sites for hydroxylation is 1. The minimum absolute atomic E-state index is 0.0263. The zero-order chi connectivity index (χ0) is 23.4. The van der Waals surface area contributed by atoms with Gasteiger partial charge in [0.1, 0.15) is 6.10 Å². The molecule has 1 fully saturated rings. The molecular weight excluding hydrogens is 446 g/mol. The van der Waals surface area contributed by atoms with Crippen LogP contribution in [0.15, 0.2) is 60.0 Å². The van der Waals surface area contributed by atoms with Gasteiger partial charge in [-0.15, -0.1) is 0 Å². The van der Waals surface area contributed by atoms with Gasteiger partial charge < -0.3 is 24.2 Å². The average molecular weight is 476 g/mol. The van der Waals surface area contributed by atoms with Gasteiger partial charge in [0.05, 0.1) is 31.5 Å². The van der Waals surface area contributed by atoms with Gasteiger partial charge in [-0.25, -0.2) is 18.1 Å². The van der Waals surface area contributed by atoms with Crippen molar-refractivity contribution in [2.24, 2.45) is 7.05 Å². The molecule has 3 atom stereocenters. The number of imidazole rings is 1. The summed E-state index contributed by atoms with van der Waals surface area (Å²) in [7, 11) is -2.20. The van der Waals surface area contributed by atoms with Crippen molar-refractivity contribution >= 4 is 21.6 Å². The number of amides is 1. The van der Waals surface area contributed by atoms with Crippen LogP contribution in [0.2, 0.25) is 0 Å². The number of hydrogen-bond donors (Lipinski definition) is 2. The Morgan fingerprint density at radius 2 is 1.91 bits per heavy atom. The number of aromatic nitrogens is 2. The van der Waals surface area contributed by atoms with E-state index in [1.807, 2.05) is 23.1 Å². The second kappa shape index (κ2) is 10.0. The molecule has 1 amide bonds. The predicted octanol–water partition coefficient (Wildman–Crippen LogP) is 0.122. The van der Waals surface area contributed by atoms with Gasteiger partial charge in [0, 0.05) is 45.1 Å². The van der Waals surface area contributed by atoms with Gasteiger partial charge >= 0.3 is 0 Å². The minimum Gasteiger partial charge on any atom is -0.394 e. The Balaban J connectivity index is 1.32. The molecule has 1 aromatic heterocycles. The quantitative estimate of drug-likeness (QED) is 0.547. The highest BCUT2D eigenvalue weighted by Gasteiger charge is 2.33. The first-order chi connectivity index (χ1) is 15.9. The monoisotopic (exact) mass is 475 g/mol. The number of nitrogens with one attached hydrogen (secondary N) is 1. The van der Waals surface area contributed by atoms with Crippen molar-refractivity contribution in [3.8, 4) is 0 Å². The van der Waals surface area contributed by atoms with Crippen LogP contribution in [0.3, 0.4) is 0 Å². The first kappa shape index (κ1) is 23.4. The maximum absolute atomic E-state index is 12.8. The molecule has 10 nitrogen and oxygen atoms in total. The van der Waals surface area contributed by atoms with Crippen molar-refractivity contribution < 1.29 is 23.1 Å². The molecule has 3 heterocycles. The number of nitrogens with zero attached hydrogens (tertiary/aromatic N) is 4. The number of para-hydroxylation sites is 1. The number of aliphatic hydroxyl groups is 1. The standard InChI is InChI=1S/C22H29N5O5S/c1-25-14-21(23-16-25)33(30,31)24-19-8-7-18(32-20(19)15-28)13-22(29)27-11-9-26(10-12-27)17-5-3-2-4-6-17/h2-8,14,16,18-20,24,28H,9-13,15H2,1H3/t18-,19-,20+/m1/s1. The third-order valence-electron chi connectivity index (χ3n) is 5.84. The zero-order valence-electron chi connectivity index (χ0n) is 18.4. The molecule has 0 radical (unpaired) electrons. The molecule has 1 aromatic carbocycles. The van der Waals surface area contributed by atoms with Crippen LogP contribution in [0, 0.1) is 0 Å². The van der Waals surface area contributed by atoms with Gasteiger partial charge in [-0.1, -0.05) is 30.4 Å². The fourth-order valence-corrected chi connectivity index (χ4v) is 5.23. The van der Waals surface area contributed by atoms with Gasteiger partial charge in [-0.2, -0.15) is 0 Å². The number of benzene rings is 1. The molecule has 33 heavy (non-hydrogen) atoms. The highest BCUT2D eigenvalue weighted by molar-refractivity contribution is 7.89. The van der Waals surface area contributed by atoms with Gasteiger partial charge in [-0.05, 0) is 12.1 Å². The lowest BCUT2D eigenvalue weighted by molar-refractivity contribution is -0.135. The van der Waals surface area contributed by atoms with Gasteiger partial charge in [0.25, 0.3) is 10.0 Å². The van der Waals surface area contributed by atoms with E-state index in [1.54, 1.807) is 19.2 Å². The van der Waals surface area contributed by atoms with Crippen LogP contribution < -0.4 is 9.62 Å². The highest BCUT2D eigenvalue weighted by Crippen LogP contribution is 2.20. The molecule has 0 bridgehead atoms. The zero-order valence-corrected chi connectivity index (χ0v) is 19.3. The summed E-state index contributed by atoms with van der Waals surface area (Å²) in [6, 6.07) is 9.34. The van der Waals surface area contributed by atoms with E-state index in [0.29, 0.717) is 13.1 Å². The third-order valence-corrected chi connectivity index (χ3v) is 7.18. The largest absolute Gasteiger partial charge is 0.394 e. The summed E-state index contributed by atoms with van der Waals surface area (Å²) in [4.78, 5) is 20.7. The summed E-state index contributed by atoms with van der Waals surface area (Å²) in [6.07, 6.45) is 4.90. The van der Waals surface area contributed by atoms with E-state index in [2.05, 4.69) is 26.7 Å². The van der Waals surface area contributed by atoms with Crippen LogP contribution in [0.4, 0.5) is 5.69 Å². The average Bonchev–Trinajstić information content (AvgIpc) is 3.28. The molecule has 4 rings (SSSR count). The summed E-state index contributed by atoms with van der Waals surface area (Å²) < 4.78 is 35.0. The Morgan fingerprint density at radius 3 is 2.55 bits per heavy atom. The SMILES string of the molecule is Cn1cnc(S(=O)(=O)N[C@@H]2C=C[C@H](CC(=O)N3CCN(c4ccccc4)CC3)O[C@H]2CO)c1. The summed E-state index contributed by atoms with van der Waals surface area (Å²) in [5.74, 6) is -0.0263. The van der Waals surface area contributed by atoms with E-state index in [-0.39, 0.29) is 24.0 Å². The second-order valence-corrected chi connectivity index (χ2v) is 9.87. The molecule has 1 saturated heterocycles. The summed E-state index contributed by atoms with van der Waals surface area (Å²) in [5.41, 5.74) is 1.15. The number of anilines is 1. The molecule has 2 N–H and O–H groups in total. The maximum atomic E-state index is 12.8. The van der Waals surface area contributed by atoms with Gasteiger partial charge in [0.15, 0.2) is 5.03 Å². The van der Waals surface area contributed by atoms with Crippen LogP contribution in [0.5, 0.6) is 0 Å². The summed E-state index contributed by atoms with van der Waals surface area (Å²) >= 11 is 0. The smallest absolute Gasteiger partial charge is 0.260 e. The molecule has 2 aliphatic rings. The number of sulfonamides is 1. The number of ether oxygens (including phenoxy) is 1. The van der Waals surface area contributed by atoms with E-state index in [4.69, 9.17) is 4.74 Å². The Hall–Kier alpha value is -2.73. The molecule has 0 spiro atoms. The molecule has 0 unspecified atom stereocenters. The van der Waals surface area contributed by atoms with Crippen molar-refractivity contribution in [2.75, 3.05) is 37.7 Å². The van der Waals surface area contributed by atoms with Crippen molar-refractivity contribution in [1.82, 2.24) is 19.2 Å². The van der Waals surface area contributed by atoms with Crippen molar-refractivity contribution in [3.63, 3.8) is 0 Å². The molecule has 11 heteroatoms. The molecule has 0 aliphatic carbocycles. The fourth-order valence-electron chi connectivity index (χ4n) is 4.03. The topological polar surface area (TPSA) is 117 Å². The lowest BCUT2D eigenvalue weighted by atomic mass is 10.1. The van der Waals surface area contributed by atoms with E-state index in [9.17, 15) is 18.3 Å². The molecular formula is C22H29N5O5S. The Kier molecular flexibility index (Phi) is 7.13. The molecule has 2 aliphatic heterocycles. The summed E-state index contributed by atoms with van der Waals surface area (Å²) in [6.45, 7) is 2.38. The number of aliphatic hydroxyl groups excluding tert-OH is 1. The van der Waals surface area contributed by atoms with Gasteiger partial charge in [0.2, 0.25) is 5.91 Å². The highest BCUT2D eigenvalue weighted by atomic mass is 32.2. The number of rotatable bonds is 7. The molecule has 0 saturated carbocycles. The first-order valence-corrected chi connectivity index (χ1v) is 12.4. The Morgan fingerprint density at radius 1 is 1.18 bits per heavy atom. The van der Waals surface area contributed by atoms with Gasteiger partial charge in [-0.3, -0.25) is 4.79 Å². The van der Waals surface area contributed by atoms with Crippen LogP contribution in [0.25, 0.3) is 0 Å². The van der Waals surface area contributed by atoms with Crippen LogP contribution in [-0.4, -0.2) is 84.9 Å². The Bertz CT molecular complexity index is 1080. The Labute approximate surface area is 193 Å². The maximum Gasteiger partial charge on any atom is 0.260 e. The lowest BCUT2D eigenvalue weighted by Crippen LogP contribution is -2.51. The first-order valence-electron chi connectivity index (χ1n) is 10.9. The van der Waals surface area contributed by atoms with Crippen LogP contribution in [-0.2, 0) is 26.6 Å². The number of carbonyl (C=O) groups excluding carboxylic acids is 1. The fraction of sp³-hybridized carbons (Fsp3) is 0.455.